The van der Waals surface area contributed by atoms with Gasteiger partial charge in [0.15, 0.2) is 5.78 Å². The van der Waals surface area contributed by atoms with Crippen molar-refractivity contribution >= 4 is 23.4 Å². The highest BCUT2D eigenvalue weighted by atomic mass is 19.4. The lowest BCUT2D eigenvalue weighted by Crippen LogP contribution is -2.57. The van der Waals surface area contributed by atoms with Gasteiger partial charge in [-0.15, -0.1) is 0 Å². The summed E-state index contributed by atoms with van der Waals surface area (Å²) < 4.78 is 48.8. The molecule has 3 aliphatic rings. The third-order valence-corrected chi connectivity index (χ3v) is 6.80. The lowest BCUT2D eigenvalue weighted by molar-refractivity contribution is -0.152. The monoisotopic (exact) mass is 493 g/mol. The fourth-order valence-corrected chi connectivity index (χ4v) is 4.97. The second kappa shape index (κ2) is 8.19. The fourth-order valence-electron chi connectivity index (χ4n) is 4.97. The first-order valence-electron chi connectivity index (χ1n) is 11.3. The van der Waals surface area contributed by atoms with Crippen molar-refractivity contribution in [1.82, 2.24) is 14.5 Å². The lowest BCUT2D eigenvalue weighted by atomic mass is 10.1. The summed E-state index contributed by atoms with van der Waals surface area (Å²) in [7, 11) is 3.57. The smallest absolute Gasteiger partial charge is 0.372 e. The quantitative estimate of drug-likeness (QED) is 0.610. The van der Waals surface area contributed by atoms with E-state index in [9.17, 15) is 22.8 Å². The Morgan fingerprint density at radius 3 is 2.69 bits per heavy atom. The Labute approximate surface area is 199 Å². The molecule has 0 radical (unpaired) electrons. The first-order valence-corrected chi connectivity index (χ1v) is 11.3. The van der Waals surface area contributed by atoms with Crippen molar-refractivity contribution < 1.29 is 22.7 Å². The Balaban J connectivity index is 1.52. The number of ether oxygens (including phenoxy) is 1. The molecule has 3 aliphatic heterocycles. The summed E-state index contributed by atoms with van der Waals surface area (Å²) in [6.07, 6.45) is -3.25. The number of carbonyl (C=O) groups excluding carboxylic acids is 1. The molecule has 2 N–H and O–H groups in total. The number of aromatic nitrogens is 3. The molecule has 2 aromatic heterocycles. The zero-order valence-electron chi connectivity index (χ0n) is 19.3. The Bertz CT molecular complexity index is 1200. The van der Waals surface area contributed by atoms with Crippen molar-refractivity contribution in [2.45, 2.75) is 43.4 Å². The largest absolute Gasteiger partial charge is 0.408 e. The van der Waals surface area contributed by atoms with Crippen LogP contribution in [0, 0.1) is 0 Å². The van der Waals surface area contributed by atoms with Gasteiger partial charge in [-0.25, -0.2) is 4.98 Å². The number of ketones is 1. The van der Waals surface area contributed by atoms with Crippen LogP contribution < -0.4 is 26.0 Å². The highest BCUT2D eigenvalue weighted by Crippen LogP contribution is 2.39. The number of pyridine rings is 1. The van der Waals surface area contributed by atoms with Crippen molar-refractivity contribution in [1.29, 1.82) is 0 Å². The first-order chi connectivity index (χ1) is 16.5. The molecule has 0 aromatic carbocycles. The molecule has 5 heterocycles. The van der Waals surface area contributed by atoms with Crippen LogP contribution in [0.15, 0.2) is 29.2 Å². The van der Waals surface area contributed by atoms with Crippen LogP contribution in [0.3, 0.4) is 0 Å². The fraction of sp³-hybridized carbons (Fsp3) is 0.545. The molecule has 0 aliphatic carbocycles. The van der Waals surface area contributed by atoms with Crippen molar-refractivity contribution in [2.24, 2.45) is 5.73 Å². The van der Waals surface area contributed by atoms with E-state index >= 15 is 0 Å². The molecule has 2 fully saturated rings. The topological polar surface area (TPSA) is 110 Å². The van der Waals surface area contributed by atoms with Crippen molar-refractivity contribution in [3.05, 3.63) is 40.3 Å². The number of hydrogen-bond donors (Lipinski definition) is 1. The van der Waals surface area contributed by atoms with Crippen LogP contribution >= 0.6 is 0 Å². The van der Waals surface area contributed by atoms with Crippen molar-refractivity contribution in [3.63, 3.8) is 0 Å². The second-order valence-electron chi connectivity index (χ2n) is 9.45. The number of hydrogen-bond acceptors (Lipinski definition) is 9. The number of nitrogens with zero attached hydrogens (tertiary/aromatic N) is 6. The normalized spacial score (nSPS) is 25.7. The number of halogens is 3. The van der Waals surface area contributed by atoms with E-state index in [4.69, 9.17) is 10.5 Å². The summed E-state index contributed by atoms with van der Waals surface area (Å²) in [5.74, 6) is 0.0380. The molecule has 35 heavy (non-hydrogen) atoms. The van der Waals surface area contributed by atoms with E-state index in [2.05, 4.69) is 9.97 Å². The van der Waals surface area contributed by atoms with E-state index in [0.717, 1.165) is 4.90 Å². The Kier molecular flexibility index (Phi) is 5.51. The van der Waals surface area contributed by atoms with Gasteiger partial charge in [-0.05, 0) is 18.6 Å². The third-order valence-electron chi connectivity index (χ3n) is 6.80. The number of anilines is 3. The van der Waals surface area contributed by atoms with Gasteiger partial charge < -0.3 is 25.2 Å². The highest BCUT2D eigenvalue weighted by molar-refractivity contribution is 5.99. The van der Waals surface area contributed by atoms with Gasteiger partial charge in [0.1, 0.15) is 23.3 Å². The number of fused-ring (bicyclic) bond motifs is 3. The number of rotatable bonds is 5. The number of alkyl halides is 3. The second-order valence-corrected chi connectivity index (χ2v) is 9.45. The average molecular weight is 493 g/mol. The molecule has 2 bridgehead atoms. The van der Waals surface area contributed by atoms with Crippen molar-refractivity contribution in [3.8, 4) is 0 Å². The van der Waals surface area contributed by atoms with E-state index in [1.165, 1.54) is 22.9 Å². The number of carbonyl (C=O) groups is 1. The van der Waals surface area contributed by atoms with Crippen LogP contribution in [0.4, 0.5) is 30.8 Å². The lowest BCUT2D eigenvalue weighted by Gasteiger charge is -2.40. The molecule has 2 saturated heterocycles. The highest BCUT2D eigenvalue weighted by Gasteiger charge is 2.51. The van der Waals surface area contributed by atoms with E-state index in [0.29, 0.717) is 18.8 Å². The van der Waals surface area contributed by atoms with Crippen LogP contribution in [0.2, 0.25) is 0 Å². The molecule has 13 heteroatoms. The van der Waals surface area contributed by atoms with Gasteiger partial charge in [-0.2, -0.15) is 18.2 Å². The Morgan fingerprint density at radius 1 is 1.34 bits per heavy atom. The molecule has 0 spiro atoms. The standard InChI is InChI=1S/C22H26F3N7O3/c1-29(2)17-4-3-13(9-27-17)15(33)11-31-16(22(23,24)25)5-6-30-19(34)7-18(28-20(30)31)32-10-14-8-21(32,26)12-35-14/h3-4,7,9,14,16H,5-6,8,10-12,26H2,1-2H3. The minimum Gasteiger partial charge on any atom is -0.372 e. The predicted octanol–water partition coefficient (Wildman–Crippen LogP) is 0.992. The summed E-state index contributed by atoms with van der Waals surface area (Å²) in [5.41, 5.74) is 5.22. The van der Waals surface area contributed by atoms with Gasteiger partial charge >= 0.3 is 6.18 Å². The molecule has 3 unspecified atom stereocenters. The average Bonchev–Trinajstić information content (AvgIpc) is 3.34. The summed E-state index contributed by atoms with van der Waals surface area (Å²) in [5, 5.41) is 0. The maximum absolute atomic E-state index is 14.0. The minimum atomic E-state index is -4.62. The van der Waals surface area contributed by atoms with E-state index in [1.807, 2.05) is 0 Å². The van der Waals surface area contributed by atoms with Gasteiger partial charge in [0.05, 0.1) is 19.3 Å². The zero-order valence-corrected chi connectivity index (χ0v) is 19.3. The molecular weight excluding hydrogens is 467 g/mol. The van der Waals surface area contributed by atoms with Crippen molar-refractivity contribution in [2.75, 3.05) is 48.5 Å². The minimum absolute atomic E-state index is 0.126. The van der Waals surface area contributed by atoms with Gasteiger partial charge in [0, 0.05) is 51.4 Å². The number of Topliss-reactive ketones (excluding diaryl/α,β-unsaturated/α-hetero) is 1. The maximum atomic E-state index is 14.0. The molecule has 0 amide bonds. The zero-order chi connectivity index (χ0) is 25.1. The molecule has 2 aromatic rings. The van der Waals surface area contributed by atoms with Gasteiger partial charge in [-0.3, -0.25) is 14.2 Å². The molecule has 5 rings (SSSR count). The SMILES string of the molecule is CN(C)c1ccc(C(=O)CN2c3nc(N4CC5CC4(N)CO5)cc(=O)n3CCC2C(F)(F)F)cn1. The molecular formula is C22H26F3N7O3. The molecule has 0 saturated carbocycles. The van der Waals surface area contributed by atoms with E-state index in [-0.39, 0.29) is 43.0 Å². The van der Waals surface area contributed by atoms with Gasteiger partial charge in [0.25, 0.3) is 5.56 Å². The molecule has 10 nitrogen and oxygen atoms in total. The summed E-state index contributed by atoms with van der Waals surface area (Å²) >= 11 is 0. The van der Waals surface area contributed by atoms with E-state index < -0.39 is 35.8 Å². The third kappa shape index (κ3) is 4.12. The maximum Gasteiger partial charge on any atom is 0.408 e. The Hall–Kier alpha value is -3.19. The van der Waals surface area contributed by atoms with Gasteiger partial charge in [0.2, 0.25) is 5.95 Å². The summed E-state index contributed by atoms with van der Waals surface area (Å²) in [6.45, 7) is -0.142. The van der Waals surface area contributed by atoms with Gasteiger partial charge in [-0.1, -0.05) is 0 Å². The van der Waals surface area contributed by atoms with Crippen LogP contribution in [0.1, 0.15) is 23.2 Å². The summed E-state index contributed by atoms with van der Waals surface area (Å²) in [6, 6.07) is 2.46. The first kappa shape index (κ1) is 23.5. The number of morpholine rings is 1. The van der Waals surface area contributed by atoms with Crippen LogP contribution in [0.25, 0.3) is 0 Å². The predicted molar refractivity (Wildman–Crippen MR) is 122 cm³/mol. The summed E-state index contributed by atoms with van der Waals surface area (Å²) in [4.78, 5) is 38.9. The van der Waals surface area contributed by atoms with Crippen LogP contribution in [-0.2, 0) is 11.3 Å². The molecule has 188 valence electrons. The molecule has 3 atom stereocenters. The number of nitrogens with two attached hydrogens (primary N) is 1. The van der Waals surface area contributed by atoms with E-state index in [1.54, 1.807) is 30.0 Å². The van der Waals surface area contributed by atoms with Crippen LogP contribution in [-0.4, -0.2) is 78.1 Å². The Morgan fingerprint density at radius 2 is 2.11 bits per heavy atom. The van der Waals surface area contributed by atoms with Crippen LogP contribution in [0.5, 0.6) is 0 Å².